The van der Waals surface area contributed by atoms with Gasteiger partial charge >= 0.3 is 18.3 Å². The summed E-state index contributed by atoms with van der Waals surface area (Å²) < 4.78 is 85.3. The molecule has 0 spiro atoms. The Kier molecular flexibility index (Phi) is 5.56. The average molecular weight is 425 g/mol. The van der Waals surface area contributed by atoms with Gasteiger partial charge in [0.15, 0.2) is 0 Å². The van der Waals surface area contributed by atoms with Gasteiger partial charge in [0.2, 0.25) is 0 Å². The molecule has 0 fully saturated rings. The van der Waals surface area contributed by atoms with Crippen molar-refractivity contribution in [3.05, 3.63) is 77.4 Å². The van der Waals surface area contributed by atoms with Crippen molar-refractivity contribution in [2.45, 2.75) is 12.4 Å². The first-order valence-corrected chi connectivity index (χ1v) is 8.46. The van der Waals surface area contributed by atoms with Crippen molar-refractivity contribution in [1.29, 1.82) is 0 Å². The Labute approximate surface area is 166 Å². The van der Waals surface area contributed by atoms with Gasteiger partial charge in [-0.25, -0.2) is 9.78 Å². The lowest BCUT2D eigenvalue weighted by Gasteiger charge is -2.17. The first-order valence-electron chi connectivity index (χ1n) is 8.46. The van der Waals surface area contributed by atoms with E-state index in [1.807, 2.05) is 0 Å². The lowest BCUT2D eigenvalue weighted by atomic mass is 9.97. The van der Waals surface area contributed by atoms with Gasteiger partial charge in [-0.1, -0.05) is 36.4 Å². The molecule has 2 aromatic carbocycles. The number of benzene rings is 2. The van der Waals surface area contributed by atoms with E-state index >= 15 is 0 Å². The molecule has 0 saturated carbocycles. The number of pyridine rings is 1. The van der Waals surface area contributed by atoms with Crippen molar-refractivity contribution in [3.63, 3.8) is 0 Å². The second kappa shape index (κ2) is 7.81. The average Bonchev–Trinajstić information content (AvgIpc) is 2.71. The monoisotopic (exact) mass is 425 g/mol. The Morgan fingerprint density at radius 1 is 0.767 bits per heavy atom. The molecule has 1 heterocycles. The van der Waals surface area contributed by atoms with E-state index in [4.69, 9.17) is 0 Å². The normalized spacial score (nSPS) is 12.0. The number of carbonyl (C=O) groups excluding carboxylic acids is 1. The predicted molar refractivity (Wildman–Crippen MR) is 96.5 cm³/mol. The molecule has 0 saturated heterocycles. The summed E-state index contributed by atoms with van der Waals surface area (Å²) in [4.78, 5) is 16.1. The Balaban J connectivity index is 2.32. The maximum atomic E-state index is 13.5. The summed E-state index contributed by atoms with van der Waals surface area (Å²) in [5, 5.41) is 0. The summed E-state index contributed by atoms with van der Waals surface area (Å²) in [5.74, 6) is -0.967. The molecule has 0 aliphatic rings. The largest absolute Gasteiger partial charge is 0.465 e. The molecule has 156 valence electrons. The molecule has 3 aromatic rings. The molecular formula is C21H13F6NO2. The van der Waals surface area contributed by atoms with Crippen LogP contribution >= 0.6 is 0 Å². The van der Waals surface area contributed by atoms with Crippen LogP contribution in [0.25, 0.3) is 22.5 Å². The molecule has 30 heavy (non-hydrogen) atoms. The van der Waals surface area contributed by atoms with Crippen LogP contribution < -0.4 is 0 Å². The number of methoxy groups -OCH3 is 1. The predicted octanol–water partition coefficient (Wildman–Crippen LogP) is 6.24. The summed E-state index contributed by atoms with van der Waals surface area (Å²) in [6.07, 6.45) is -9.48. The number of hydrogen-bond donors (Lipinski definition) is 0. The molecule has 0 bridgehead atoms. The molecule has 0 aliphatic heterocycles. The van der Waals surface area contributed by atoms with Crippen LogP contribution in [-0.4, -0.2) is 18.1 Å². The molecule has 0 aliphatic carbocycles. The molecule has 0 unspecified atom stereocenters. The fourth-order valence-corrected chi connectivity index (χ4v) is 2.98. The van der Waals surface area contributed by atoms with E-state index in [1.165, 1.54) is 18.2 Å². The molecule has 3 rings (SSSR count). The quantitative estimate of drug-likeness (QED) is 0.368. The number of alkyl halides is 6. The molecule has 0 radical (unpaired) electrons. The third-order valence-electron chi connectivity index (χ3n) is 4.30. The fraction of sp³-hybridized carbons (Fsp3) is 0.143. The van der Waals surface area contributed by atoms with Gasteiger partial charge in [-0.3, -0.25) is 0 Å². The number of hydrogen-bond acceptors (Lipinski definition) is 3. The Bertz CT molecular complexity index is 1090. The summed E-state index contributed by atoms with van der Waals surface area (Å²) in [6.45, 7) is 0. The maximum Gasteiger partial charge on any atom is 0.417 e. The molecule has 0 N–H and O–H groups in total. The number of aromatic nitrogens is 1. The number of ether oxygens (including phenoxy) is 1. The van der Waals surface area contributed by atoms with Crippen LogP contribution in [0.1, 0.15) is 21.5 Å². The van der Waals surface area contributed by atoms with Crippen molar-refractivity contribution in [3.8, 4) is 22.5 Å². The van der Waals surface area contributed by atoms with E-state index in [1.54, 1.807) is 0 Å². The summed E-state index contributed by atoms with van der Waals surface area (Å²) >= 11 is 0. The van der Waals surface area contributed by atoms with Crippen LogP contribution in [0.2, 0.25) is 0 Å². The fourth-order valence-electron chi connectivity index (χ4n) is 2.98. The number of carbonyl (C=O) groups is 1. The van der Waals surface area contributed by atoms with E-state index in [-0.39, 0.29) is 16.8 Å². The van der Waals surface area contributed by atoms with Crippen LogP contribution in [0.4, 0.5) is 26.3 Å². The summed E-state index contributed by atoms with van der Waals surface area (Å²) in [5.41, 5.74) is -3.82. The van der Waals surface area contributed by atoms with Crippen LogP contribution in [0.15, 0.2) is 60.7 Å². The molecule has 0 atom stereocenters. The van der Waals surface area contributed by atoms with Gasteiger partial charge in [-0.2, -0.15) is 26.3 Å². The first-order chi connectivity index (χ1) is 14.0. The SMILES string of the molecule is COC(=O)c1ccc(-c2ccccc2C(F)(F)F)nc1-c1ccccc1C(F)(F)F. The maximum absolute atomic E-state index is 13.5. The van der Waals surface area contributed by atoms with Gasteiger partial charge in [0.05, 0.1) is 35.2 Å². The van der Waals surface area contributed by atoms with Crippen LogP contribution in [0.3, 0.4) is 0 Å². The second-order valence-electron chi connectivity index (χ2n) is 6.17. The first kappa shape index (κ1) is 21.4. The van der Waals surface area contributed by atoms with Crippen LogP contribution in [0, 0.1) is 0 Å². The highest BCUT2D eigenvalue weighted by molar-refractivity contribution is 5.97. The highest BCUT2D eigenvalue weighted by Crippen LogP contribution is 2.40. The topological polar surface area (TPSA) is 39.2 Å². The van der Waals surface area contributed by atoms with Crippen molar-refractivity contribution in [2.24, 2.45) is 0 Å². The van der Waals surface area contributed by atoms with Crippen molar-refractivity contribution < 1.29 is 35.9 Å². The minimum absolute atomic E-state index is 0.234. The zero-order valence-electron chi connectivity index (χ0n) is 15.3. The minimum atomic E-state index is -4.77. The van der Waals surface area contributed by atoms with Gasteiger partial charge in [-0.15, -0.1) is 0 Å². The zero-order chi connectivity index (χ0) is 22.1. The number of nitrogens with zero attached hydrogens (tertiary/aromatic N) is 1. The van der Waals surface area contributed by atoms with E-state index < -0.39 is 40.7 Å². The molecular weight excluding hydrogens is 412 g/mol. The van der Waals surface area contributed by atoms with Gasteiger partial charge in [0.1, 0.15) is 0 Å². The lowest BCUT2D eigenvalue weighted by molar-refractivity contribution is -0.137. The highest BCUT2D eigenvalue weighted by Gasteiger charge is 2.36. The van der Waals surface area contributed by atoms with E-state index in [0.29, 0.717) is 0 Å². The lowest BCUT2D eigenvalue weighted by Crippen LogP contribution is -2.12. The third kappa shape index (κ3) is 4.14. The third-order valence-corrected chi connectivity index (χ3v) is 4.30. The van der Waals surface area contributed by atoms with Crippen LogP contribution in [-0.2, 0) is 17.1 Å². The molecule has 1 aromatic heterocycles. The van der Waals surface area contributed by atoms with Gasteiger partial charge in [0, 0.05) is 11.1 Å². The smallest absolute Gasteiger partial charge is 0.417 e. The highest BCUT2D eigenvalue weighted by atomic mass is 19.4. The van der Waals surface area contributed by atoms with Crippen molar-refractivity contribution >= 4 is 5.97 Å². The second-order valence-corrected chi connectivity index (χ2v) is 6.17. The van der Waals surface area contributed by atoms with Gasteiger partial charge in [-0.05, 0) is 24.3 Å². The summed E-state index contributed by atoms with van der Waals surface area (Å²) in [6, 6.07) is 11.1. The minimum Gasteiger partial charge on any atom is -0.465 e. The number of esters is 1. The molecule has 3 nitrogen and oxygen atoms in total. The Morgan fingerprint density at radius 2 is 1.27 bits per heavy atom. The summed E-state index contributed by atoms with van der Waals surface area (Å²) in [7, 11) is 1.04. The van der Waals surface area contributed by atoms with Gasteiger partial charge in [0.25, 0.3) is 0 Å². The Hall–Kier alpha value is -3.36. The van der Waals surface area contributed by atoms with Crippen LogP contribution in [0.5, 0.6) is 0 Å². The van der Waals surface area contributed by atoms with E-state index in [2.05, 4.69) is 9.72 Å². The molecule has 0 amide bonds. The number of halogens is 6. The zero-order valence-corrected chi connectivity index (χ0v) is 15.3. The standard InChI is InChI=1S/C21H13F6NO2/c1-30-19(29)14-10-11-17(12-6-2-4-8-15(12)20(22,23)24)28-18(14)13-7-3-5-9-16(13)21(25,26)27/h2-11H,1H3. The Morgan fingerprint density at radius 3 is 1.80 bits per heavy atom. The van der Waals surface area contributed by atoms with Gasteiger partial charge < -0.3 is 4.74 Å². The number of rotatable bonds is 3. The molecule has 9 heteroatoms. The van der Waals surface area contributed by atoms with Crippen molar-refractivity contribution in [1.82, 2.24) is 4.98 Å². The van der Waals surface area contributed by atoms with E-state index in [0.717, 1.165) is 49.6 Å². The van der Waals surface area contributed by atoms with Crippen molar-refractivity contribution in [2.75, 3.05) is 7.11 Å². The van der Waals surface area contributed by atoms with E-state index in [9.17, 15) is 31.1 Å².